The van der Waals surface area contributed by atoms with E-state index in [0.29, 0.717) is 16.7 Å². The van der Waals surface area contributed by atoms with Crippen LogP contribution in [0.1, 0.15) is 23.9 Å². The van der Waals surface area contributed by atoms with Crippen LogP contribution < -0.4 is 4.73 Å². The molecule has 0 saturated carbocycles. The molecule has 0 amide bonds. The van der Waals surface area contributed by atoms with E-state index in [4.69, 9.17) is 4.52 Å². The fourth-order valence-corrected chi connectivity index (χ4v) is 2.09. The average Bonchev–Trinajstić information content (AvgIpc) is 2.68. The fraction of sp³-hybridized carbons (Fsp3) is 0.300. The van der Waals surface area contributed by atoms with Crippen LogP contribution in [0.5, 0.6) is 0 Å². The van der Waals surface area contributed by atoms with Crippen molar-refractivity contribution in [2.75, 3.05) is 0 Å². The highest BCUT2D eigenvalue weighted by atomic mass is 32.2. The summed E-state index contributed by atoms with van der Waals surface area (Å²) >= 11 is 1.39. The zero-order valence-electron chi connectivity index (χ0n) is 8.95. The number of rotatable bonds is 3. The molecule has 2 heterocycles. The number of hydrogen-bond donors (Lipinski definition) is 0. The van der Waals surface area contributed by atoms with Crippen molar-refractivity contribution in [3.8, 4) is 0 Å². The van der Waals surface area contributed by atoms with E-state index in [-0.39, 0.29) is 5.25 Å². The second-order valence-electron chi connectivity index (χ2n) is 3.30. The Balaban J connectivity index is 2.13. The minimum absolute atomic E-state index is 0.0381. The van der Waals surface area contributed by atoms with Gasteiger partial charge in [-0.3, -0.25) is 0 Å². The van der Waals surface area contributed by atoms with Gasteiger partial charge in [0.15, 0.2) is 12.0 Å². The summed E-state index contributed by atoms with van der Waals surface area (Å²) < 4.78 is 5.87. The predicted octanol–water partition coefficient (Wildman–Crippen LogP) is 1.86. The molecule has 16 heavy (non-hydrogen) atoms. The third-order valence-electron chi connectivity index (χ3n) is 1.98. The molecule has 0 bridgehead atoms. The lowest BCUT2D eigenvalue weighted by atomic mass is 10.5. The van der Waals surface area contributed by atoms with E-state index in [1.54, 1.807) is 19.1 Å². The molecule has 2 aromatic rings. The standard InChI is InChI=1S/C10H11N3O2S/c1-7(10-11-8(2)12-15-10)16-9-5-3-4-6-13(9)14/h3-7H,1-2H3. The summed E-state index contributed by atoms with van der Waals surface area (Å²) in [5, 5.41) is 15.7. The predicted molar refractivity (Wildman–Crippen MR) is 58.7 cm³/mol. The molecule has 0 saturated heterocycles. The molecular weight excluding hydrogens is 226 g/mol. The summed E-state index contributed by atoms with van der Waals surface area (Å²) in [6, 6.07) is 5.28. The van der Waals surface area contributed by atoms with Crippen LogP contribution in [0.4, 0.5) is 0 Å². The Bertz CT molecular complexity index is 486. The number of thioether (sulfide) groups is 1. The number of hydrogen-bond acceptors (Lipinski definition) is 5. The van der Waals surface area contributed by atoms with Gasteiger partial charge in [0.1, 0.15) is 0 Å². The van der Waals surface area contributed by atoms with Crippen molar-refractivity contribution in [1.29, 1.82) is 0 Å². The van der Waals surface area contributed by atoms with Gasteiger partial charge in [-0.2, -0.15) is 9.71 Å². The number of aryl methyl sites for hydroxylation is 1. The maximum atomic E-state index is 11.4. The Morgan fingerprint density at radius 2 is 2.31 bits per heavy atom. The van der Waals surface area contributed by atoms with E-state index in [1.807, 2.05) is 13.0 Å². The Kier molecular flexibility index (Phi) is 3.09. The smallest absolute Gasteiger partial charge is 0.252 e. The van der Waals surface area contributed by atoms with Crippen molar-refractivity contribution in [1.82, 2.24) is 10.1 Å². The molecule has 0 spiro atoms. The Morgan fingerprint density at radius 1 is 1.50 bits per heavy atom. The molecule has 0 aliphatic rings. The van der Waals surface area contributed by atoms with E-state index in [2.05, 4.69) is 10.1 Å². The van der Waals surface area contributed by atoms with Gasteiger partial charge in [-0.1, -0.05) is 5.16 Å². The van der Waals surface area contributed by atoms with Crippen molar-refractivity contribution in [3.05, 3.63) is 41.3 Å². The zero-order valence-corrected chi connectivity index (χ0v) is 9.77. The summed E-state index contributed by atoms with van der Waals surface area (Å²) in [4.78, 5) is 4.13. The lowest BCUT2D eigenvalue weighted by Crippen LogP contribution is -2.27. The van der Waals surface area contributed by atoms with Crippen LogP contribution in [0, 0.1) is 12.1 Å². The average molecular weight is 237 g/mol. The Hall–Kier alpha value is -1.56. The van der Waals surface area contributed by atoms with E-state index < -0.39 is 0 Å². The van der Waals surface area contributed by atoms with Crippen molar-refractivity contribution in [2.45, 2.75) is 24.1 Å². The van der Waals surface area contributed by atoms with E-state index in [0.717, 1.165) is 4.73 Å². The largest absolute Gasteiger partial charge is 0.618 e. The van der Waals surface area contributed by atoms with Crippen LogP contribution in [0.15, 0.2) is 33.9 Å². The van der Waals surface area contributed by atoms with Gasteiger partial charge in [0.2, 0.25) is 5.89 Å². The molecular formula is C10H11N3O2S. The minimum Gasteiger partial charge on any atom is -0.618 e. The van der Waals surface area contributed by atoms with Gasteiger partial charge >= 0.3 is 0 Å². The minimum atomic E-state index is -0.0381. The molecule has 0 aliphatic heterocycles. The molecule has 6 heteroatoms. The molecule has 1 atom stereocenters. The summed E-state index contributed by atoms with van der Waals surface area (Å²) in [7, 11) is 0. The van der Waals surface area contributed by atoms with E-state index in [9.17, 15) is 5.21 Å². The topological polar surface area (TPSA) is 65.9 Å². The number of aromatic nitrogens is 3. The lowest BCUT2D eigenvalue weighted by Gasteiger charge is -2.06. The SMILES string of the molecule is Cc1noc(C(C)Sc2cccc[n+]2[O-])n1. The highest BCUT2D eigenvalue weighted by Gasteiger charge is 2.18. The monoisotopic (exact) mass is 237 g/mol. The normalized spacial score (nSPS) is 12.6. The molecule has 1 unspecified atom stereocenters. The van der Waals surface area contributed by atoms with Gasteiger partial charge in [-0.15, -0.1) is 0 Å². The second-order valence-corrected chi connectivity index (χ2v) is 4.67. The van der Waals surface area contributed by atoms with E-state index in [1.165, 1.54) is 18.0 Å². The molecule has 84 valence electrons. The van der Waals surface area contributed by atoms with Gasteiger partial charge in [-0.25, -0.2) is 0 Å². The maximum absolute atomic E-state index is 11.4. The van der Waals surface area contributed by atoms with Gasteiger partial charge in [0.05, 0.1) is 5.25 Å². The molecule has 2 rings (SSSR count). The van der Waals surface area contributed by atoms with Gasteiger partial charge in [-0.05, 0) is 31.7 Å². The molecule has 0 radical (unpaired) electrons. The van der Waals surface area contributed by atoms with Gasteiger partial charge < -0.3 is 9.73 Å². The van der Waals surface area contributed by atoms with Crippen LogP contribution in [0.3, 0.4) is 0 Å². The molecule has 5 nitrogen and oxygen atoms in total. The van der Waals surface area contributed by atoms with Gasteiger partial charge in [0.25, 0.3) is 5.03 Å². The maximum Gasteiger partial charge on any atom is 0.252 e. The number of nitrogens with zero attached hydrogens (tertiary/aromatic N) is 3. The lowest BCUT2D eigenvalue weighted by molar-refractivity contribution is -0.645. The zero-order chi connectivity index (χ0) is 11.5. The van der Waals surface area contributed by atoms with Gasteiger partial charge in [0, 0.05) is 12.1 Å². The van der Waals surface area contributed by atoms with Crippen LogP contribution in [0.2, 0.25) is 0 Å². The summed E-state index contributed by atoms with van der Waals surface area (Å²) in [5.41, 5.74) is 0. The van der Waals surface area contributed by atoms with Crippen LogP contribution in [0.25, 0.3) is 0 Å². The number of pyridine rings is 1. The molecule has 0 fully saturated rings. The highest BCUT2D eigenvalue weighted by Crippen LogP contribution is 2.31. The first kappa shape index (κ1) is 10.9. The third kappa shape index (κ3) is 2.33. The first-order valence-electron chi connectivity index (χ1n) is 4.82. The highest BCUT2D eigenvalue weighted by molar-refractivity contribution is 7.99. The van der Waals surface area contributed by atoms with Crippen molar-refractivity contribution >= 4 is 11.8 Å². The molecule has 0 aromatic carbocycles. The van der Waals surface area contributed by atoms with Crippen LogP contribution in [-0.4, -0.2) is 10.1 Å². The van der Waals surface area contributed by atoms with E-state index >= 15 is 0 Å². The first-order valence-corrected chi connectivity index (χ1v) is 5.70. The second kappa shape index (κ2) is 4.52. The summed E-state index contributed by atoms with van der Waals surface area (Å²) in [6.45, 7) is 3.69. The quantitative estimate of drug-likeness (QED) is 0.463. The Labute approximate surface area is 97.1 Å². The molecule has 0 aliphatic carbocycles. The van der Waals surface area contributed by atoms with Crippen LogP contribution in [-0.2, 0) is 0 Å². The van der Waals surface area contributed by atoms with Crippen molar-refractivity contribution in [3.63, 3.8) is 0 Å². The fourth-order valence-electron chi connectivity index (χ4n) is 1.21. The van der Waals surface area contributed by atoms with Crippen molar-refractivity contribution < 1.29 is 9.25 Å². The Morgan fingerprint density at radius 3 is 2.94 bits per heavy atom. The first-order chi connectivity index (χ1) is 7.66. The third-order valence-corrected chi connectivity index (χ3v) is 3.09. The van der Waals surface area contributed by atoms with Crippen molar-refractivity contribution in [2.24, 2.45) is 0 Å². The summed E-state index contributed by atoms with van der Waals surface area (Å²) in [6.07, 6.45) is 1.47. The molecule has 0 N–H and O–H groups in total. The van der Waals surface area contributed by atoms with Crippen LogP contribution >= 0.6 is 11.8 Å². The summed E-state index contributed by atoms with van der Waals surface area (Å²) in [5.74, 6) is 1.14. The molecule has 2 aromatic heterocycles.